The highest BCUT2D eigenvalue weighted by molar-refractivity contribution is 5.23. The standard InChI is InChI=1S/C8H11F3N2O2/c1-5-6(4-12-2-3-14)15-13-7(5)8(9,10)11/h12,14H,2-4H2,1H3. The molecule has 7 heteroatoms. The van der Waals surface area contributed by atoms with Crippen molar-refractivity contribution in [2.45, 2.75) is 19.6 Å². The third-order valence-electron chi connectivity index (χ3n) is 1.86. The quantitative estimate of drug-likeness (QED) is 0.751. The second-order valence-electron chi connectivity index (χ2n) is 2.98. The van der Waals surface area contributed by atoms with E-state index >= 15 is 0 Å². The molecule has 0 saturated heterocycles. The van der Waals surface area contributed by atoms with E-state index in [0.29, 0.717) is 6.54 Å². The first kappa shape index (κ1) is 12.0. The molecule has 2 N–H and O–H groups in total. The maximum absolute atomic E-state index is 12.3. The van der Waals surface area contributed by atoms with Gasteiger partial charge in [0.1, 0.15) is 0 Å². The molecule has 0 aromatic carbocycles. The van der Waals surface area contributed by atoms with E-state index in [-0.39, 0.29) is 24.5 Å². The number of rotatable bonds is 4. The highest BCUT2D eigenvalue weighted by atomic mass is 19.4. The van der Waals surface area contributed by atoms with Gasteiger partial charge in [-0.1, -0.05) is 5.16 Å². The first-order valence-electron chi connectivity index (χ1n) is 4.30. The van der Waals surface area contributed by atoms with Gasteiger partial charge >= 0.3 is 6.18 Å². The molecule has 1 aromatic rings. The van der Waals surface area contributed by atoms with E-state index in [1.165, 1.54) is 6.92 Å². The smallest absolute Gasteiger partial charge is 0.395 e. The van der Waals surface area contributed by atoms with Crippen LogP contribution in [-0.2, 0) is 12.7 Å². The van der Waals surface area contributed by atoms with E-state index in [1.54, 1.807) is 0 Å². The van der Waals surface area contributed by atoms with Gasteiger partial charge in [-0.15, -0.1) is 0 Å². The lowest BCUT2D eigenvalue weighted by Gasteiger charge is -2.02. The van der Waals surface area contributed by atoms with Crippen LogP contribution >= 0.6 is 0 Å². The van der Waals surface area contributed by atoms with Crippen molar-refractivity contribution in [3.05, 3.63) is 17.0 Å². The van der Waals surface area contributed by atoms with Gasteiger partial charge in [0, 0.05) is 12.1 Å². The Morgan fingerprint density at radius 3 is 2.60 bits per heavy atom. The summed E-state index contributed by atoms with van der Waals surface area (Å²) in [5.41, 5.74) is -1.02. The van der Waals surface area contributed by atoms with Crippen molar-refractivity contribution in [2.24, 2.45) is 0 Å². The van der Waals surface area contributed by atoms with Crippen molar-refractivity contribution in [2.75, 3.05) is 13.2 Å². The molecule has 0 aliphatic carbocycles. The van der Waals surface area contributed by atoms with Gasteiger partial charge in [0.25, 0.3) is 0 Å². The molecule has 1 heterocycles. The largest absolute Gasteiger partial charge is 0.437 e. The fourth-order valence-electron chi connectivity index (χ4n) is 1.08. The zero-order chi connectivity index (χ0) is 11.5. The third-order valence-corrected chi connectivity index (χ3v) is 1.86. The number of nitrogens with one attached hydrogen (secondary N) is 1. The fraction of sp³-hybridized carbons (Fsp3) is 0.625. The Hall–Kier alpha value is -1.08. The van der Waals surface area contributed by atoms with E-state index in [2.05, 4.69) is 15.0 Å². The topological polar surface area (TPSA) is 58.3 Å². The summed E-state index contributed by atoms with van der Waals surface area (Å²) in [5, 5.41) is 14.1. The summed E-state index contributed by atoms with van der Waals surface area (Å²) in [7, 11) is 0. The molecule has 0 saturated carbocycles. The molecular formula is C8H11F3N2O2. The Kier molecular flexibility index (Phi) is 3.70. The first-order valence-corrected chi connectivity index (χ1v) is 4.30. The molecule has 0 fully saturated rings. The number of nitrogens with zero attached hydrogens (tertiary/aromatic N) is 1. The number of alkyl halides is 3. The summed E-state index contributed by atoms with van der Waals surface area (Å²) in [6.07, 6.45) is -4.48. The molecule has 0 amide bonds. The van der Waals surface area contributed by atoms with Crippen LogP contribution < -0.4 is 5.32 Å². The predicted octanol–water partition coefficient (Wildman–Crippen LogP) is 1.08. The molecule has 1 rings (SSSR count). The van der Waals surface area contributed by atoms with Gasteiger partial charge < -0.3 is 14.9 Å². The summed E-state index contributed by atoms with van der Waals surface area (Å²) < 4.78 is 41.4. The molecule has 0 atom stereocenters. The normalized spacial score (nSPS) is 12.1. The van der Waals surface area contributed by atoms with E-state index in [0.717, 1.165) is 0 Å². The van der Waals surface area contributed by atoms with Crippen molar-refractivity contribution >= 4 is 0 Å². The van der Waals surface area contributed by atoms with Gasteiger partial charge in [-0.25, -0.2) is 0 Å². The molecule has 0 radical (unpaired) electrons. The van der Waals surface area contributed by atoms with Crippen molar-refractivity contribution in [3.63, 3.8) is 0 Å². The summed E-state index contributed by atoms with van der Waals surface area (Å²) in [6.45, 7) is 1.63. The first-order chi connectivity index (χ1) is 6.96. The highest BCUT2D eigenvalue weighted by Crippen LogP contribution is 2.31. The van der Waals surface area contributed by atoms with Crippen LogP contribution in [0.2, 0.25) is 0 Å². The zero-order valence-corrected chi connectivity index (χ0v) is 8.06. The van der Waals surface area contributed by atoms with Crippen LogP contribution in [0.1, 0.15) is 17.0 Å². The fourth-order valence-corrected chi connectivity index (χ4v) is 1.08. The SMILES string of the molecule is Cc1c(C(F)(F)F)noc1CNCCO. The molecule has 0 unspecified atom stereocenters. The average Bonchev–Trinajstić information content (AvgIpc) is 2.47. The lowest BCUT2D eigenvalue weighted by atomic mass is 10.2. The summed E-state index contributed by atoms with van der Waals surface area (Å²) in [4.78, 5) is 0. The lowest BCUT2D eigenvalue weighted by Crippen LogP contribution is -2.17. The lowest BCUT2D eigenvalue weighted by molar-refractivity contribution is -0.143. The molecule has 0 aliphatic heterocycles. The van der Waals surface area contributed by atoms with Gasteiger partial charge in [-0.05, 0) is 6.92 Å². The van der Waals surface area contributed by atoms with E-state index in [4.69, 9.17) is 5.11 Å². The Labute approximate surface area is 84.1 Å². The van der Waals surface area contributed by atoms with Crippen molar-refractivity contribution in [1.29, 1.82) is 0 Å². The molecule has 15 heavy (non-hydrogen) atoms. The van der Waals surface area contributed by atoms with Crippen LogP contribution in [-0.4, -0.2) is 23.4 Å². The van der Waals surface area contributed by atoms with Crippen LogP contribution in [0.3, 0.4) is 0 Å². The van der Waals surface area contributed by atoms with Gasteiger partial charge in [0.2, 0.25) is 0 Å². The summed E-state index contributed by atoms with van der Waals surface area (Å²) in [6, 6.07) is 0. The van der Waals surface area contributed by atoms with E-state index in [1.807, 2.05) is 0 Å². The molecule has 0 spiro atoms. The van der Waals surface area contributed by atoms with Gasteiger partial charge in [-0.3, -0.25) is 0 Å². The molecule has 1 aromatic heterocycles. The number of halogens is 3. The van der Waals surface area contributed by atoms with Crippen molar-refractivity contribution < 1.29 is 22.8 Å². The Morgan fingerprint density at radius 1 is 1.47 bits per heavy atom. The van der Waals surface area contributed by atoms with Crippen LogP contribution in [0, 0.1) is 6.92 Å². The van der Waals surface area contributed by atoms with Crippen LogP contribution in [0.5, 0.6) is 0 Å². The maximum Gasteiger partial charge on any atom is 0.437 e. The minimum atomic E-state index is -4.48. The molecule has 86 valence electrons. The van der Waals surface area contributed by atoms with Crippen LogP contribution in [0.4, 0.5) is 13.2 Å². The second kappa shape index (κ2) is 4.63. The number of hydrogen-bond donors (Lipinski definition) is 2. The average molecular weight is 224 g/mol. The molecule has 4 nitrogen and oxygen atoms in total. The Balaban J connectivity index is 2.72. The van der Waals surface area contributed by atoms with E-state index < -0.39 is 11.9 Å². The van der Waals surface area contributed by atoms with Gasteiger partial charge in [0.15, 0.2) is 11.5 Å². The van der Waals surface area contributed by atoms with Gasteiger partial charge in [0.05, 0.1) is 13.2 Å². The minimum absolute atomic E-state index is 0.0204. The highest BCUT2D eigenvalue weighted by Gasteiger charge is 2.37. The summed E-state index contributed by atoms with van der Waals surface area (Å²) in [5.74, 6) is 0.135. The molecular weight excluding hydrogens is 213 g/mol. The van der Waals surface area contributed by atoms with E-state index in [9.17, 15) is 13.2 Å². The molecule has 0 aliphatic rings. The second-order valence-corrected chi connectivity index (χ2v) is 2.98. The zero-order valence-electron chi connectivity index (χ0n) is 8.06. The van der Waals surface area contributed by atoms with Gasteiger partial charge in [-0.2, -0.15) is 13.2 Å². The van der Waals surface area contributed by atoms with Crippen molar-refractivity contribution in [3.8, 4) is 0 Å². The minimum Gasteiger partial charge on any atom is -0.395 e. The molecule has 0 bridgehead atoms. The number of aliphatic hydroxyl groups excluding tert-OH is 1. The number of aliphatic hydroxyl groups is 1. The monoisotopic (exact) mass is 224 g/mol. The maximum atomic E-state index is 12.3. The van der Waals surface area contributed by atoms with Crippen LogP contribution in [0.15, 0.2) is 4.52 Å². The number of hydrogen-bond acceptors (Lipinski definition) is 4. The predicted molar refractivity (Wildman–Crippen MR) is 45.0 cm³/mol. The Morgan fingerprint density at radius 2 is 2.13 bits per heavy atom. The van der Waals surface area contributed by atoms with Crippen LogP contribution in [0.25, 0.3) is 0 Å². The number of aromatic nitrogens is 1. The Bertz CT molecular complexity index is 322. The third kappa shape index (κ3) is 2.93. The van der Waals surface area contributed by atoms with Crippen molar-refractivity contribution in [1.82, 2.24) is 10.5 Å². The summed E-state index contributed by atoms with van der Waals surface area (Å²) >= 11 is 0.